The van der Waals surface area contributed by atoms with Crippen LogP contribution in [-0.4, -0.2) is 75.5 Å². The van der Waals surface area contributed by atoms with Crippen molar-refractivity contribution < 1.29 is 42.9 Å². The van der Waals surface area contributed by atoms with Gasteiger partial charge >= 0.3 is 5.97 Å². The third-order valence-electron chi connectivity index (χ3n) is 7.73. The first-order valence-corrected chi connectivity index (χ1v) is 15.3. The van der Waals surface area contributed by atoms with Gasteiger partial charge < -0.3 is 30.1 Å². The number of rotatable bonds is 12. The van der Waals surface area contributed by atoms with Gasteiger partial charge in [-0.2, -0.15) is 0 Å². The van der Waals surface area contributed by atoms with E-state index in [0.717, 1.165) is 5.56 Å². The smallest absolute Gasteiger partial charge is 0.326 e. The fraction of sp³-hybridized carbons (Fsp3) is 0.312. The van der Waals surface area contributed by atoms with Gasteiger partial charge in [0, 0.05) is 18.0 Å². The minimum absolute atomic E-state index is 0.184. The van der Waals surface area contributed by atoms with E-state index in [1.165, 1.54) is 65.2 Å². The highest BCUT2D eigenvalue weighted by Crippen LogP contribution is 2.46. The Morgan fingerprint density at radius 1 is 0.978 bits per heavy atom. The van der Waals surface area contributed by atoms with E-state index in [9.17, 15) is 38.2 Å². The number of ether oxygens (including phenoxy) is 1. The van der Waals surface area contributed by atoms with Crippen LogP contribution >= 0.6 is 11.8 Å². The summed E-state index contributed by atoms with van der Waals surface area (Å²) in [7, 11) is 0. The zero-order valence-corrected chi connectivity index (χ0v) is 24.8. The maximum Gasteiger partial charge on any atom is 0.326 e. The third-order valence-corrected chi connectivity index (χ3v) is 9.05. The molecule has 3 N–H and O–H groups in total. The second-order valence-corrected chi connectivity index (χ2v) is 11.8. The Labute approximate surface area is 262 Å². The monoisotopic (exact) mass is 639 g/mol. The number of carbonyl (C=O) groups is 4. The molecule has 0 radical (unpaired) electrons. The number of nitrogens with zero attached hydrogens (tertiary/aromatic N) is 2. The highest BCUT2D eigenvalue weighted by molar-refractivity contribution is 8.00. The first-order chi connectivity index (χ1) is 21.6. The predicted octanol–water partition coefficient (Wildman–Crippen LogP) is 3.46. The van der Waals surface area contributed by atoms with E-state index in [1.54, 1.807) is 29.2 Å². The standard InChI is InChI=1S/C32H31F2N3O7S/c33-21-7-3-19(4-8-21)26(38)18-45-30-29(37(31(30)41)23-11-9-22(34)10-12-23)20-5-13-24(14-6-20)44-17-27(39)35-16-28(40)36-15-1-2-25(36)32(42)43/h3-14,25-26,29-30,38H,1-2,15-18H2,(H,35,39)(H,42,43)/t25-,26?,29?,30+/m0/s1. The number of anilines is 1. The Kier molecular flexibility index (Phi) is 9.99. The van der Waals surface area contributed by atoms with Crippen LogP contribution in [0.4, 0.5) is 14.5 Å². The summed E-state index contributed by atoms with van der Waals surface area (Å²) in [4.78, 5) is 52.0. The minimum Gasteiger partial charge on any atom is -0.484 e. The Hall–Kier alpha value is -4.49. The molecular weight excluding hydrogens is 608 g/mol. The van der Waals surface area contributed by atoms with Crippen molar-refractivity contribution in [1.29, 1.82) is 0 Å². The number of halogens is 2. The summed E-state index contributed by atoms with van der Waals surface area (Å²) >= 11 is 1.26. The van der Waals surface area contributed by atoms with E-state index in [-0.39, 0.29) is 24.8 Å². The van der Waals surface area contributed by atoms with E-state index in [4.69, 9.17) is 4.74 Å². The van der Waals surface area contributed by atoms with Crippen LogP contribution in [0.15, 0.2) is 72.8 Å². The van der Waals surface area contributed by atoms with E-state index in [2.05, 4.69) is 5.32 Å². The zero-order valence-electron chi connectivity index (χ0n) is 24.0. The van der Waals surface area contributed by atoms with Gasteiger partial charge in [-0.25, -0.2) is 13.6 Å². The fourth-order valence-corrected chi connectivity index (χ4v) is 6.67. The highest BCUT2D eigenvalue weighted by atomic mass is 32.2. The molecule has 2 aliphatic heterocycles. The second-order valence-electron chi connectivity index (χ2n) is 10.7. The van der Waals surface area contributed by atoms with Crippen LogP contribution in [0, 0.1) is 11.6 Å². The number of carboxylic acid groups (broad SMARTS) is 1. The first-order valence-electron chi connectivity index (χ1n) is 14.3. The lowest BCUT2D eigenvalue weighted by Gasteiger charge is -2.47. The van der Waals surface area contributed by atoms with Crippen molar-refractivity contribution in [2.75, 3.05) is 30.3 Å². The van der Waals surface area contributed by atoms with Crippen LogP contribution in [0.3, 0.4) is 0 Å². The number of benzene rings is 3. The number of thioether (sulfide) groups is 1. The summed E-state index contributed by atoms with van der Waals surface area (Å²) in [6.45, 7) is -0.388. The summed E-state index contributed by atoms with van der Waals surface area (Å²) < 4.78 is 32.5. The molecule has 0 saturated carbocycles. The number of carboxylic acids is 1. The molecule has 4 atom stereocenters. The molecule has 2 unspecified atom stereocenters. The number of amides is 3. The SMILES string of the molecule is O=C(COc1ccc(C2[C@@H](SCC(O)c3ccc(F)cc3)C(=O)N2c2ccc(F)cc2)cc1)NCC(=O)N1CCC[C@H]1C(=O)O. The number of aliphatic hydroxyl groups is 1. The van der Waals surface area contributed by atoms with Crippen molar-refractivity contribution in [3.05, 3.63) is 95.6 Å². The summed E-state index contributed by atoms with van der Waals surface area (Å²) in [5.74, 6) is -2.62. The van der Waals surface area contributed by atoms with E-state index >= 15 is 0 Å². The highest BCUT2D eigenvalue weighted by Gasteiger charge is 2.49. The van der Waals surface area contributed by atoms with Crippen LogP contribution < -0.4 is 15.0 Å². The molecule has 0 bridgehead atoms. The van der Waals surface area contributed by atoms with Gasteiger partial charge in [0.2, 0.25) is 11.8 Å². The van der Waals surface area contributed by atoms with Crippen LogP contribution in [0.2, 0.25) is 0 Å². The molecule has 0 aliphatic carbocycles. The summed E-state index contributed by atoms with van der Waals surface area (Å²) in [5, 5.41) is 21.8. The minimum atomic E-state index is -1.07. The lowest BCUT2D eigenvalue weighted by molar-refractivity contribution is -0.148. The van der Waals surface area contributed by atoms with Crippen molar-refractivity contribution in [3.63, 3.8) is 0 Å². The quantitative estimate of drug-likeness (QED) is 0.257. The third kappa shape index (κ3) is 7.43. The molecule has 13 heteroatoms. The van der Waals surface area contributed by atoms with Gasteiger partial charge in [-0.05, 0) is 72.5 Å². The van der Waals surface area contributed by atoms with E-state index < -0.39 is 52.9 Å². The van der Waals surface area contributed by atoms with E-state index in [0.29, 0.717) is 36.4 Å². The molecule has 236 valence electrons. The molecule has 0 spiro atoms. The predicted molar refractivity (Wildman–Crippen MR) is 162 cm³/mol. The van der Waals surface area contributed by atoms with Gasteiger partial charge in [0.25, 0.3) is 5.91 Å². The van der Waals surface area contributed by atoms with Gasteiger partial charge in [-0.3, -0.25) is 14.4 Å². The Morgan fingerprint density at radius 3 is 2.27 bits per heavy atom. The van der Waals surface area contributed by atoms with Gasteiger partial charge in [-0.15, -0.1) is 11.8 Å². The number of aliphatic carboxylic acids is 1. The molecule has 3 aromatic carbocycles. The average molecular weight is 640 g/mol. The molecule has 2 fully saturated rings. The van der Waals surface area contributed by atoms with Crippen molar-refractivity contribution in [2.24, 2.45) is 0 Å². The van der Waals surface area contributed by atoms with Gasteiger partial charge in [0.1, 0.15) is 28.7 Å². The molecule has 2 heterocycles. The summed E-state index contributed by atoms with van der Waals surface area (Å²) in [5.41, 5.74) is 1.78. The number of nitrogens with one attached hydrogen (secondary N) is 1. The molecule has 2 saturated heterocycles. The molecule has 45 heavy (non-hydrogen) atoms. The van der Waals surface area contributed by atoms with Crippen molar-refractivity contribution in [3.8, 4) is 5.75 Å². The van der Waals surface area contributed by atoms with Gasteiger partial charge in [-0.1, -0.05) is 24.3 Å². The molecule has 2 aliphatic rings. The first kappa shape index (κ1) is 31.9. The summed E-state index contributed by atoms with van der Waals surface area (Å²) in [6, 6.07) is 16.5. The molecule has 3 aromatic rings. The number of aliphatic hydroxyl groups excluding tert-OH is 1. The van der Waals surface area contributed by atoms with Crippen molar-refractivity contribution in [2.45, 2.75) is 36.3 Å². The summed E-state index contributed by atoms with van der Waals surface area (Å²) in [6.07, 6.45) is 0.0431. The van der Waals surface area contributed by atoms with Crippen molar-refractivity contribution >= 4 is 41.1 Å². The van der Waals surface area contributed by atoms with Crippen LogP contribution in [0.5, 0.6) is 5.75 Å². The molecule has 5 rings (SSSR count). The number of carbonyl (C=O) groups excluding carboxylic acids is 3. The molecule has 10 nitrogen and oxygen atoms in total. The molecular formula is C32H31F2N3O7S. The molecule has 0 aromatic heterocycles. The second kappa shape index (κ2) is 14.1. The van der Waals surface area contributed by atoms with Crippen molar-refractivity contribution in [1.82, 2.24) is 10.2 Å². The topological polar surface area (TPSA) is 136 Å². The largest absolute Gasteiger partial charge is 0.484 e. The Balaban J connectivity index is 1.20. The normalized spacial score (nSPS) is 20.0. The average Bonchev–Trinajstić information content (AvgIpc) is 3.54. The maximum atomic E-state index is 13.6. The number of β-lactam (4-membered cyclic amide) rings is 1. The maximum absolute atomic E-state index is 13.6. The fourth-order valence-electron chi connectivity index (χ4n) is 5.37. The van der Waals surface area contributed by atoms with Crippen LogP contribution in [-0.2, 0) is 19.2 Å². The Bertz CT molecular complexity index is 1540. The Morgan fingerprint density at radius 2 is 1.62 bits per heavy atom. The zero-order chi connectivity index (χ0) is 32.1. The number of hydrogen-bond acceptors (Lipinski definition) is 7. The number of hydrogen-bond donors (Lipinski definition) is 3. The van der Waals surface area contributed by atoms with Gasteiger partial charge in [0.05, 0.1) is 18.7 Å². The lowest BCUT2D eigenvalue weighted by Crippen LogP contribution is -2.57. The van der Waals surface area contributed by atoms with Crippen LogP contribution in [0.25, 0.3) is 0 Å². The van der Waals surface area contributed by atoms with Crippen LogP contribution in [0.1, 0.15) is 36.1 Å². The van der Waals surface area contributed by atoms with E-state index in [1.807, 2.05) is 0 Å². The number of likely N-dealkylation sites (tertiary alicyclic amines) is 1. The van der Waals surface area contributed by atoms with Gasteiger partial charge in [0.15, 0.2) is 6.61 Å². The molecule has 3 amide bonds. The lowest BCUT2D eigenvalue weighted by atomic mass is 9.92.